The van der Waals surface area contributed by atoms with E-state index in [1.807, 2.05) is 60.7 Å². The molecule has 0 bridgehead atoms. The van der Waals surface area contributed by atoms with Crippen molar-refractivity contribution in [2.75, 3.05) is 12.0 Å². The van der Waals surface area contributed by atoms with Gasteiger partial charge in [0.05, 0.1) is 29.3 Å². The first kappa shape index (κ1) is 25.7. The van der Waals surface area contributed by atoms with E-state index in [4.69, 9.17) is 15.5 Å². The van der Waals surface area contributed by atoms with Crippen LogP contribution in [0.4, 0.5) is 5.69 Å². The predicted molar refractivity (Wildman–Crippen MR) is 148 cm³/mol. The normalized spacial score (nSPS) is 14.8. The molecule has 1 saturated heterocycles. The Morgan fingerprint density at radius 1 is 1.03 bits per heavy atom. The number of anilines is 1. The molecule has 0 radical (unpaired) electrons. The lowest BCUT2D eigenvalue weighted by Gasteiger charge is -2.16. The number of pyridine rings is 1. The summed E-state index contributed by atoms with van der Waals surface area (Å²) in [6.45, 7) is 0. The highest BCUT2D eigenvalue weighted by atomic mass is 32.2. The molecule has 0 saturated carbocycles. The molecular weight excluding hydrogens is 512 g/mol. The number of hydrogen-bond donors (Lipinski definition) is 1. The van der Waals surface area contributed by atoms with Crippen LogP contribution < -0.4 is 15.4 Å². The van der Waals surface area contributed by atoms with Crippen LogP contribution >= 0.6 is 11.8 Å². The van der Waals surface area contributed by atoms with Gasteiger partial charge in [-0.15, -0.1) is 0 Å². The molecule has 1 unspecified atom stereocenters. The summed E-state index contributed by atoms with van der Waals surface area (Å²) in [5.41, 5.74) is 9.18. The number of nitriles is 1. The lowest BCUT2D eigenvalue weighted by molar-refractivity contribution is -0.121. The molecule has 1 aliphatic heterocycles. The van der Waals surface area contributed by atoms with Gasteiger partial charge in [-0.1, -0.05) is 54.2 Å². The van der Waals surface area contributed by atoms with E-state index in [9.17, 15) is 19.6 Å². The number of imide groups is 1. The molecule has 1 aromatic heterocycles. The van der Waals surface area contributed by atoms with Gasteiger partial charge in [-0.2, -0.15) is 5.26 Å². The van der Waals surface area contributed by atoms with Crippen molar-refractivity contribution in [1.82, 2.24) is 4.98 Å². The maximum atomic E-state index is 13.4. The monoisotopic (exact) mass is 534 g/mol. The standard InChI is InChI=1S/C30H22N4O4S/c1-38-22-13-9-18(10-14-22)23-15-25(19-5-3-2-4-6-19)33-29(24(23)17-31)39-26-16-27(35)34(30(26)37)21-11-7-20(8-12-21)28(32)36/h2-15,26H,16H2,1H3,(H2,32,36). The Hall–Kier alpha value is -4.94. The first-order chi connectivity index (χ1) is 18.9. The summed E-state index contributed by atoms with van der Waals surface area (Å²) in [6.07, 6.45) is -0.0545. The zero-order valence-corrected chi connectivity index (χ0v) is 21.6. The number of carbonyl (C=O) groups is 3. The van der Waals surface area contributed by atoms with Gasteiger partial charge in [-0.3, -0.25) is 14.4 Å². The number of hydrogen-bond acceptors (Lipinski definition) is 7. The molecule has 4 aromatic rings. The van der Waals surface area contributed by atoms with Crippen LogP contribution in [0.3, 0.4) is 0 Å². The third-order valence-electron chi connectivity index (χ3n) is 6.34. The molecule has 39 heavy (non-hydrogen) atoms. The number of aromatic nitrogens is 1. The number of amides is 3. The fourth-order valence-corrected chi connectivity index (χ4v) is 5.47. The molecule has 5 rings (SSSR count). The van der Waals surface area contributed by atoms with Crippen LogP contribution in [0.1, 0.15) is 22.3 Å². The van der Waals surface area contributed by atoms with Crippen molar-refractivity contribution in [2.45, 2.75) is 16.7 Å². The van der Waals surface area contributed by atoms with Gasteiger partial charge in [0.25, 0.3) is 0 Å². The van der Waals surface area contributed by atoms with E-state index in [2.05, 4.69) is 6.07 Å². The fourth-order valence-electron chi connectivity index (χ4n) is 4.35. The number of methoxy groups -OCH3 is 1. The molecule has 0 spiro atoms. The van der Waals surface area contributed by atoms with Gasteiger partial charge in [0.1, 0.15) is 16.8 Å². The number of rotatable bonds is 7. The molecule has 0 aliphatic carbocycles. The zero-order valence-electron chi connectivity index (χ0n) is 20.8. The Morgan fingerprint density at radius 3 is 2.33 bits per heavy atom. The molecule has 2 heterocycles. The number of primary amides is 1. The maximum absolute atomic E-state index is 13.4. The third-order valence-corrected chi connectivity index (χ3v) is 7.51. The Labute approximate surface area is 229 Å². The summed E-state index contributed by atoms with van der Waals surface area (Å²) in [5, 5.41) is 9.77. The van der Waals surface area contributed by atoms with E-state index in [1.165, 1.54) is 24.3 Å². The molecule has 1 fully saturated rings. The van der Waals surface area contributed by atoms with Crippen molar-refractivity contribution >= 4 is 35.2 Å². The first-order valence-corrected chi connectivity index (χ1v) is 12.9. The van der Waals surface area contributed by atoms with Crippen molar-refractivity contribution in [1.29, 1.82) is 5.26 Å². The van der Waals surface area contributed by atoms with Crippen LogP contribution in [0.2, 0.25) is 0 Å². The smallest absolute Gasteiger partial charge is 0.248 e. The second-order valence-electron chi connectivity index (χ2n) is 8.73. The largest absolute Gasteiger partial charge is 0.497 e. The Balaban J connectivity index is 1.54. The molecule has 9 heteroatoms. The Bertz CT molecular complexity index is 1610. The van der Waals surface area contributed by atoms with Gasteiger partial charge in [-0.05, 0) is 48.0 Å². The van der Waals surface area contributed by atoms with E-state index < -0.39 is 17.1 Å². The number of ether oxygens (including phenoxy) is 1. The Morgan fingerprint density at radius 2 is 1.72 bits per heavy atom. The highest BCUT2D eigenvalue weighted by Gasteiger charge is 2.41. The van der Waals surface area contributed by atoms with Crippen molar-refractivity contribution in [3.8, 4) is 34.2 Å². The molecule has 1 atom stereocenters. The van der Waals surface area contributed by atoms with Gasteiger partial charge >= 0.3 is 0 Å². The average Bonchev–Trinajstić information content (AvgIpc) is 3.25. The second-order valence-corrected chi connectivity index (χ2v) is 9.92. The van der Waals surface area contributed by atoms with E-state index in [0.29, 0.717) is 33.3 Å². The topological polar surface area (TPSA) is 126 Å². The lowest BCUT2D eigenvalue weighted by Crippen LogP contribution is -2.31. The number of nitrogens with two attached hydrogens (primary N) is 1. The minimum Gasteiger partial charge on any atom is -0.497 e. The predicted octanol–water partition coefficient (Wildman–Crippen LogP) is 4.82. The quantitative estimate of drug-likeness (QED) is 0.337. The molecule has 1 aliphatic rings. The lowest BCUT2D eigenvalue weighted by atomic mass is 9.99. The van der Waals surface area contributed by atoms with Crippen LogP contribution in [-0.4, -0.2) is 35.1 Å². The summed E-state index contributed by atoms with van der Waals surface area (Å²) in [5.74, 6) is -0.714. The van der Waals surface area contributed by atoms with Crippen molar-refractivity contribution in [2.24, 2.45) is 5.73 Å². The number of carbonyl (C=O) groups excluding carboxylic acids is 3. The second kappa shape index (κ2) is 10.8. The molecule has 3 aromatic carbocycles. The minimum atomic E-state index is -0.775. The Kier molecular flexibility index (Phi) is 7.12. The van der Waals surface area contributed by atoms with Gasteiger partial charge in [0, 0.05) is 23.1 Å². The van der Waals surface area contributed by atoms with E-state index >= 15 is 0 Å². The van der Waals surface area contributed by atoms with Crippen LogP contribution in [0.25, 0.3) is 22.4 Å². The van der Waals surface area contributed by atoms with Crippen molar-refractivity contribution in [3.05, 3.63) is 96.1 Å². The number of thioether (sulfide) groups is 1. The summed E-state index contributed by atoms with van der Waals surface area (Å²) >= 11 is 1.10. The SMILES string of the molecule is COc1ccc(-c2cc(-c3ccccc3)nc(SC3CC(=O)N(c4ccc(C(N)=O)cc4)C3=O)c2C#N)cc1. The zero-order chi connectivity index (χ0) is 27.5. The number of nitrogens with zero attached hydrogens (tertiary/aromatic N) is 3. The highest BCUT2D eigenvalue weighted by Crippen LogP contribution is 2.39. The van der Waals surface area contributed by atoms with Crippen molar-refractivity contribution in [3.63, 3.8) is 0 Å². The molecule has 8 nitrogen and oxygen atoms in total. The molecular formula is C30H22N4O4S. The fraction of sp³-hybridized carbons (Fsp3) is 0.100. The van der Waals surface area contributed by atoms with Crippen LogP contribution in [0.5, 0.6) is 5.75 Å². The van der Waals surface area contributed by atoms with Gasteiger partial charge in [-0.25, -0.2) is 9.88 Å². The van der Waals surface area contributed by atoms with Crippen LogP contribution in [0.15, 0.2) is 90.0 Å². The summed E-state index contributed by atoms with van der Waals surface area (Å²) in [6, 6.07) is 27.0. The van der Waals surface area contributed by atoms with Gasteiger partial charge < -0.3 is 10.5 Å². The minimum absolute atomic E-state index is 0.0545. The van der Waals surface area contributed by atoms with E-state index in [-0.39, 0.29) is 17.9 Å². The average molecular weight is 535 g/mol. The van der Waals surface area contributed by atoms with E-state index in [0.717, 1.165) is 27.8 Å². The number of benzene rings is 3. The molecule has 192 valence electrons. The summed E-state index contributed by atoms with van der Waals surface area (Å²) < 4.78 is 5.28. The van der Waals surface area contributed by atoms with Crippen LogP contribution in [0, 0.1) is 11.3 Å². The van der Waals surface area contributed by atoms with Crippen molar-refractivity contribution < 1.29 is 19.1 Å². The summed E-state index contributed by atoms with van der Waals surface area (Å²) in [4.78, 5) is 43.6. The third kappa shape index (κ3) is 5.10. The first-order valence-electron chi connectivity index (χ1n) is 12.0. The molecule has 3 amide bonds. The van der Waals surface area contributed by atoms with Gasteiger partial charge in [0.2, 0.25) is 17.7 Å². The summed E-state index contributed by atoms with van der Waals surface area (Å²) in [7, 11) is 1.58. The molecule has 2 N–H and O–H groups in total. The van der Waals surface area contributed by atoms with Gasteiger partial charge in [0.15, 0.2) is 0 Å². The van der Waals surface area contributed by atoms with E-state index in [1.54, 1.807) is 7.11 Å². The maximum Gasteiger partial charge on any atom is 0.248 e. The van der Waals surface area contributed by atoms with Crippen LogP contribution in [-0.2, 0) is 9.59 Å². The highest BCUT2D eigenvalue weighted by molar-refractivity contribution is 8.00.